The number of anilines is 1. The van der Waals surface area contributed by atoms with Crippen molar-refractivity contribution in [3.8, 4) is 0 Å². The van der Waals surface area contributed by atoms with E-state index in [1.807, 2.05) is 13.8 Å². The molecule has 1 fully saturated rings. The van der Waals surface area contributed by atoms with E-state index in [-0.39, 0.29) is 36.8 Å². The highest BCUT2D eigenvalue weighted by Crippen LogP contribution is 2.27. The summed E-state index contributed by atoms with van der Waals surface area (Å²) in [5.41, 5.74) is 0.707. The van der Waals surface area contributed by atoms with Crippen molar-refractivity contribution in [3.05, 3.63) is 29.3 Å². The maximum Gasteiger partial charge on any atom is 0.227 e. The molecule has 1 heterocycles. The number of carbonyl (C=O) groups excluding carboxylic acids is 2. The van der Waals surface area contributed by atoms with Gasteiger partial charge in [-0.05, 0) is 24.1 Å². The molecule has 0 radical (unpaired) electrons. The topological polar surface area (TPSA) is 69.6 Å². The van der Waals surface area contributed by atoms with Crippen molar-refractivity contribution >= 4 is 29.1 Å². The summed E-state index contributed by atoms with van der Waals surface area (Å²) in [5.74, 6) is -0.483. The van der Waals surface area contributed by atoms with Gasteiger partial charge >= 0.3 is 0 Å². The number of nitrogens with one attached hydrogen (secondary N) is 1. The number of nitrogens with zero attached hydrogens (tertiary/aromatic N) is 1. The fourth-order valence-corrected chi connectivity index (χ4v) is 2.91. The summed E-state index contributed by atoms with van der Waals surface area (Å²) < 4.78 is 0. The van der Waals surface area contributed by atoms with Crippen LogP contribution in [0.5, 0.6) is 0 Å². The molecule has 1 aromatic carbocycles. The van der Waals surface area contributed by atoms with Crippen LogP contribution in [0.15, 0.2) is 24.3 Å². The summed E-state index contributed by atoms with van der Waals surface area (Å²) in [6.45, 7) is 4.24. The van der Waals surface area contributed by atoms with Gasteiger partial charge in [-0.2, -0.15) is 0 Å². The molecule has 5 nitrogen and oxygen atoms in total. The number of amides is 2. The van der Waals surface area contributed by atoms with Crippen molar-refractivity contribution in [2.24, 2.45) is 11.8 Å². The quantitative estimate of drug-likeness (QED) is 0.835. The molecule has 0 spiro atoms. The average Bonchev–Trinajstić information content (AvgIpc) is 2.93. The second kappa shape index (κ2) is 7.79. The Bertz CT molecular complexity index is 579. The van der Waals surface area contributed by atoms with E-state index in [1.54, 1.807) is 29.2 Å². The van der Waals surface area contributed by atoms with Crippen LogP contribution in [-0.4, -0.2) is 36.1 Å². The zero-order chi connectivity index (χ0) is 17.0. The molecule has 126 valence electrons. The number of benzene rings is 1. The van der Waals surface area contributed by atoms with Gasteiger partial charge in [0.2, 0.25) is 11.8 Å². The van der Waals surface area contributed by atoms with Gasteiger partial charge in [-0.3, -0.25) is 9.59 Å². The Hall–Kier alpha value is -1.59. The maximum absolute atomic E-state index is 12.4. The SMILES string of the molecule is CC[C@H](C)[C@H](CO)NC(=O)[C@@H]1CC(=O)N(c2cccc(Cl)c2)C1. The molecule has 0 aliphatic carbocycles. The van der Waals surface area contributed by atoms with E-state index in [9.17, 15) is 14.7 Å². The molecule has 0 saturated carbocycles. The third kappa shape index (κ3) is 4.24. The van der Waals surface area contributed by atoms with E-state index in [4.69, 9.17) is 11.6 Å². The van der Waals surface area contributed by atoms with Crippen LogP contribution < -0.4 is 10.2 Å². The Balaban J connectivity index is 2.03. The molecule has 1 aliphatic heterocycles. The fraction of sp³-hybridized carbons (Fsp3) is 0.529. The van der Waals surface area contributed by atoms with E-state index >= 15 is 0 Å². The first-order chi connectivity index (χ1) is 11.0. The molecule has 2 rings (SSSR count). The van der Waals surface area contributed by atoms with Crippen molar-refractivity contribution in [1.82, 2.24) is 5.32 Å². The molecule has 1 aliphatic rings. The predicted molar refractivity (Wildman–Crippen MR) is 90.4 cm³/mol. The van der Waals surface area contributed by atoms with Gasteiger partial charge in [0.05, 0.1) is 18.6 Å². The number of carbonyl (C=O) groups is 2. The lowest BCUT2D eigenvalue weighted by molar-refractivity contribution is -0.127. The molecule has 2 N–H and O–H groups in total. The second-order valence-electron chi connectivity index (χ2n) is 6.07. The summed E-state index contributed by atoms with van der Waals surface area (Å²) in [5, 5.41) is 12.9. The molecular formula is C17H23ClN2O3. The van der Waals surface area contributed by atoms with Crippen LogP contribution in [0.4, 0.5) is 5.69 Å². The predicted octanol–water partition coefficient (Wildman–Crippen LogP) is 2.22. The summed E-state index contributed by atoms with van der Waals surface area (Å²) in [6.07, 6.45) is 1.04. The van der Waals surface area contributed by atoms with Gasteiger partial charge in [-0.15, -0.1) is 0 Å². The number of aliphatic hydroxyl groups excluding tert-OH is 1. The lowest BCUT2D eigenvalue weighted by Crippen LogP contribution is -2.45. The third-order valence-electron chi connectivity index (χ3n) is 4.47. The van der Waals surface area contributed by atoms with Gasteiger partial charge < -0.3 is 15.3 Å². The number of hydrogen-bond donors (Lipinski definition) is 2. The van der Waals surface area contributed by atoms with E-state index < -0.39 is 5.92 Å². The fourth-order valence-electron chi connectivity index (χ4n) is 2.73. The first-order valence-electron chi connectivity index (χ1n) is 7.93. The standard InChI is InChI=1S/C17H23ClN2O3/c1-3-11(2)15(10-21)19-17(23)12-7-16(22)20(9-12)14-6-4-5-13(18)8-14/h4-6,8,11-12,15,21H,3,7,9-10H2,1-2H3,(H,19,23)/t11-,12+,15-/m0/s1. The number of aliphatic hydroxyl groups is 1. The first kappa shape index (κ1) is 17.8. The molecule has 0 unspecified atom stereocenters. The minimum Gasteiger partial charge on any atom is -0.394 e. The van der Waals surface area contributed by atoms with Gasteiger partial charge in [0, 0.05) is 23.7 Å². The summed E-state index contributed by atoms with van der Waals surface area (Å²) in [7, 11) is 0. The largest absolute Gasteiger partial charge is 0.394 e. The molecule has 1 aromatic rings. The molecular weight excluding hydrogens is 316 g/mol. The van der Waals surface area contributed by atoms with Crippen LogP contribution in [0, 0.1) is 11.8 Å². The van der Waals surface area contributed by atoms with E-state index in [0.29, 0.717) is 17.3 Å². The van der Waals surface area contributed by atoms with E-state index in [0.717, 1.165) is 6.42 Å². The van der Waals surface area contributed by atoms with Crippen molar-refractivity contribution in [2.75, 3.05) is 18.1 Å². The molecule has 23 heavy (non-hydrogen) atoms. The van der Waals surface area contributed by atoms with Crippen LogP contribution in [0.1, 0.15) is 26.7 Å². The molecule has 0 aromatic heterocycles. The zero-order valence-corrected chi connectivity index (χ0v) is 14.2. The van der Waals surface area contributed by atoms with Crippen molar-refractivity contribution in [3.63, 3.8) is 0 Å². The van der Waals surface area contributed by atoms with E-state index in [1.165, 1.54) is 0 Å². The van der Waals surface area contributed by atoms with Crippen LogP contribution in [0.3, 0.4) is 0 Å². The molecule has 0 bridgehead atoms. The molecule has 2 amide bonds. The highest BCUT2D eigenvalue weighted by molar-refractivity contribution is 6.30. The smallest absolute Gasteiger partial charge is 0.227 e. The van der Waals surface area contributed by atoms with Crippen molar-refractivity contribution in [1.29, 1.82) is 0 Å². The lowest BCUT2D eigenvalue weighted by Gasteiger charge is -2.24. The van der Waals surface area contributed by atoms with E-state index in [2.05, 4.69) is 5.32 Å². The summed E-state index contributed by atoms with van der Waals surface area (Å²) in [4.78, 5) is 26.2. The molecule has 3 atom stereocenters. The Labute approximate surface area is 141 Å². The Kier molecular flexibility index (Phi) is 6.02. The van der Waals surface area contributed by atoms with Crippen LogP contribution in [0.25, 0.3) is 0 Å². The monoisotopic (exact) mass is 338 g/mol. The Morgan fingerprint density at radius 2 is 2.26 bits per heavy atom. The molecule has 1 saturated heterocycles. The molecule has 6 heteroatoms. The number of hydrogen-bond acceptors (Lipinski definition) is 3. The van der Waals surface area contributed by atoms with Gasteiger partial charge in [-0.1, -0.05) is 37.9 Å². The van der Waals surface area contributed by atoms with Crippen LogP contribution >= 0.6 is 11.6 Å². The highest BCUT2D eigenvalue weighted by atomic mass is 35.5. The summed E-state index contributed by atoms with van der Waals surface area (Å²) in [6, 6.07) is 6.77. The van der Waals surface area contributed by atoms with Crippen molar-refractivity contribution < 1.29 is 14.7 Å². The highest BCUT2D eigenvalue weighted by Gasteiger charge is 2.36. The van der Waals surface area contributed by atoms with Crippen LogP contribution in [0.2, 0.25) is 5.02 Å². The van der Waals surface area contributed by atoms with Gasteiger partial charge in [0.25, 0.3) is 0 Å². The number of halogens is 1. The minimum atomic E-state index is -0.403. The maximum atomic E-state index is 12.4. The number of rotatable bonds is 6. The Morgan fingerprint density at radius 1 is 1.52 bits per heavy atom. The van der Waals surface area contributed by atoms with Gasteiger partial charge in [-0.25, -0.2) is 0 Å². The first-order valence-corrected chi connectivity index (χ1v) is 8.31. The zero-order valence-electron chi connectivity index (χ0n) is 13.5. The minimum absolute atomic E-state index is 0.0866. The summed E-state index contributed by atoms with van der Waals surface area (Å²) >= 11 is 5.96. The second-order valence-corrected chi connectivity index (χ2v) is 6.50. The lowest BCUT2D eigenvalue weighted by atomic mass is 9.98. The van der Waals surface area contributed by atoms with Crippen molar-refractivity contribution in [2.45, 2.75) is 32.7 Å². The Morgan fingerprint density at radius 3 is 2.87 bits per heavy atom. The van der Waals surface area contributed by atoms with Crippen LogP contribution in [-0.2, 0) is 9.59 Å². The van der Waals surface area contributed by atoms with Gasteiger partial charge in [0.15, 0.2) is 0 Å². The normalized spacial score (nSPS) is 20.4. The average molecular weight is 339 g/mol. The van der Waals surface area contributed by atoms with Gasteiger partial charge in [0.1, 0.15) is 0 Å². The third-order valence-corrected chi connectivity index (χ3v) is 4.71.